The van der Waals surface area contributed by atoms with Crippen molar-refractivity contribution >= 4 is 23.1 Å². The van der Waals surface area contributed by atoms with Gasteiger partial charge in [-0.2, -0.15) is 4.98 Å². The molecule has 98 valence electrons. The van der Waals surface area contributed by atoms with E-state index in [0.717, 1.165) is 25.5 Å². The van der Waals surface area contributed by atoms with Crippen LogP contribution in [0.3, 0.4) is 0 Å². The van der Waals surface area contributed by atoms with Crippen molar-refractivity contribution in [1.29, 1.82) is 0 Å². The zero-order chi connectivity index (χ0) is 13.1. The molecular weight excluding hydrogens is 260 g/mol. The number of hydrogen-bond acceptors (Lipinski definition) is 6. The van der Waals surface area contributed by atoms with Gasteiger partial charge in [-0.3, -0.25) is 10.1 Å². The highest BCUT2D eigenvalue weighted by Crippen LogP contribution is 2.27. The quantitative estimate of drug-likeness (QED) is 0.490. The maximum Gasteiger partial charge on any atom is 0.329 e. The molecule has 1 heterocycles. The van der Waals surface area contributed by atoms with Crippen LogP contribution in [0.15, 0.2) is 6.20 Å². The fraction of sp³-hybridized carbons (Fsp3) is 0.600. The lowest BCUT2D eigenvalue weighted by molar-refractivity contribution is -0.384. The van der Waals surface area contributed by atoms with Crippen LogP contribution < -0.4 is 5.32 Å². The Morgan fingerprint density at radius 1 is 1.61 bits per heavy atom. The van der Waals surface area contributed by atoms with Crippen LogP contribution in [0.1, 0.15) is 19.3 Å². The molecule has 1 aliphatic rings. The normalized spacial score (nSPS) is 23.0. The van der Waals surface area contributed by atoms with Crippen molar-refractivity contribution in [3.63, 3.8) is 0 Å². The summed E-state index contributed by atoms with van der Waals surface area (Å²) in [4.78, 5) is 17.6. The lowest BCUT2D eigenvalue weighted by Gasteiger charge is -2.15. The fourth-order valence-corrected chi connectivity index (χ4v) is 2.23. The van der Waals surface area contributed by atoms with Gasteiger partial charge in [-0.15, -0.1) is 0 Å². The number of anilines is 1. The van der Waals surface area contributed by atoms with Gasteiger partial charge in [-0.25, -0.2) is 4.98 Å². The molecule has 0 bridgehead atoms. The van der Waals surface area contributed by atoms with Crippen molar-refractivity contribution in [2.24, 2.45) is 5.92 Å². The van der Waals surface area contributed by atoms with Gasteiger partial charge in [0.05, 0.1) is 11.0 Å². The minimum atomic E-state index is -0.566. The molecule has 0 saturated heterocycles. The van der Waals surface area contributed by atoms with Crippen molar-refractivity contribution in [3.8, 4) is 0 Å². The summed E-state index contributed by atoms with van der Waals surface area (Å²) in [5.41, 5.74) is -0.216. The monoisotopic (exact) mass is 272 g/mol. The summed E-state index contributed by atoms with van der Waals surface area (Å²) in [6.45, 7) is 0.440. The number of aliphatic hydroxyl groups is 1. The largest absolute Gasteiger partial charge is 0.393 e. The first kappa shape index (κ1) is 13.0. The number of aromatic nitrogens is 2. The highest BCUT2D eigenvalue weighted by molar-refractivity contribution is 6.28. The van der Waals surface area contributed by atoms with Crippen molar-refractivity contribution in [2.45, 2.75) is 25.4 Å². The van der Waals surface area contributed by atoms with Crippen molar-refractivity contribution in [1.82, 2.24) is 9.97 Å². The molecule has 1 aliphatic carbocycles. The van der Waals surface area contributed by atoms with Crippen molar-refractivity contribution in [2.75, 3.05) is 11.9 Å². The van der Waals surface area contributed by atoms with E-state index in [9.17, 15) is 15.2 Å². The van der Waals surface area contributed by atoms with E-state index in [0.29, 0.717) is 6.54 Å². The first-order chi connectivity index (χ1) is 8.58. The Kier molecular flexibility index (Phi) is 3.93. The summed E-state index contributed by atoms with van der Waals surface area (Å²) in [5, 5.41) is 23.3. The zero-order valence-corrected chi connectivity index (χ0v) is 10.3. The van der Waals surface area contributed by atoms with Gasteiger partial charge in [0.15, 0.2) is 0 Å². The Balaban J connectivity index is 2.08. The summed E-state index contributed by atoms with van der Waals surface area (Å²) >= 11 is 5.61. The zero-order valence-electron chi connectivity index (χ0n) is 9.54. The lowest BCUT2D eigenvalue weighted by atomic mass is 10.1. The van der Waals surface area contributed by atoms with Crippen LogP contribution >= 0.6 is 11.6 Å². The van der Waals surface area contributed by atoms with E-state index < -0.39 is 4.92 Å². The highest BCUT2D eigenvalue weighted by Gasteiger charge is 2.26. The van der Waals surface area contributed by atoms with Crippen LogP contribution in [-0.4, -0.2) is 32.6 Å². The second kappa shape index (κ2) is 5.45. The second-order valence-corrected chi connectivity index (χ2v) is 4.61. The summed E-state index contributed by atoms with van der Waals surface area (Å²) in [7, 11) is 0. The van der Waals surface area contributed by atoms with Crippen LogP contribution in [0.2, 0.25) is 5.28 Å². The summed E-state index contributed by atoms with van der Waals surface area (Å²) in [6.07, 6.45) is 3.37. The van der Waals surface area contributed by atoms with Gasteiger partial charge >= 0.3 is 5.69 Å². The molecule has 2 atom stereocenters. The third-order valence-electron chi connectivity index (χ3n) is 3.09. The predicted octanol–water partition coefficient (Wildman–Crippen LogP) is 1.61. The van der Waals surface area contributed by atoms with E-state index in [1.165, 1.54) is 0 Å². The van der Waals surface area contributed by atoms with E-state index in [-0.39, 0.29) is 28.8 Å². The van der Waals surface area contributed by atoms with E-state index >= 15 is 0 Å². The minimum Gasteiger partial charge on any atom is -0.393 e. The maximum atomic E-state index is 10.8. The highest BCUT2D eigenvalue weighted by atomic mass is 35.5. The number of nitrogens with zero attached hydrogens (tertiary/aromatic N) is 3. The Bertz CT molecular complexity index is 457. The van der Waals surface area contributed by atoms with Gasteiger partial charge in [-0.1, -0.05) is 6.42 Å². The first-order valence-electron chi connectivity index (χ1n) is 5.67. The van der Waals surface area contributed by atoms with Gasteiger partial charge in [-0.05, 0) is 24.4 Å². The fourth-order valence-electron chi connectivity index (χ4n) is 2.10. The maximum absolute atomic E-state index is 10.8. The molecule has 2 rings (SSSR count). The molecule has 8 heteroatoms. The molecule has 1 aromatic rings. The molecule has 0 aliphatic heterocycles. The summed E-state index contributed by atoms with van der Waals surface area (Å²) in [6, 6.07) is 0. The number of rotatable bonds is 4. The molecule has 0 radical (unpaired) electrons. The van der Waals surface area contributed by atoms with Gasteiger partial charge in [0.25, 0.3) is 0 Å². The van der Waals surface area contributed by atoms with Crippen LogP contribution in [0.5, 0.6) is 0 Å². The Labute approximate surface area is 108 Å². The van der Waals surface area contributed by atoms with Crippen LogP contribution in [0.4, 0.5) is 11.5 Å². The third kappa shape index (κ3) is 2.85. The molecule has 1 saturated carbocycles. The van der Waals surface area contributed by atoms with Crippen LogP contribution in [0.25, 0.3) is 0 Å². The average molecular weight is 273 g/mol. The van der Waals surface area contributed by atoms with E-state index in [2.05, 4.69) is 15.3 Å². The van der Waals surface area contributed by atoms with Gasteiger partial charge in [0, 0.05) is 12.5 Å². The first-order valence-corrected chi connectivity index (χ1v) is 6.04. The van der Waals surface area contributed by atoms with E-state index in [1.807, 2.05) is 0 Å². The molecule has 0 spiro atoms. The minimum absolute atomic E-state index is 0.0462. The van der Waals surface area contributed by atoms with Gasteiger partial charge in [0.1, 0.15) is 6.20 Å². The standard InChI is InChI=1S/C10H13ClN4O3/c11-10-13-5-7(15(17)18)9(14-10)12-4-6-2-1-3-8(6)16/h5-6,8,16H,1-4H2,(H,12,13,14). The molecule has 7 nitrogen and oxygen atoms in total. The number of nitro groups is 1. The van der Waals surface area contributed by atoms with Gasteiger partial charge < -0.3 is 10.4 Å². The molecular formula is C10H13ClN4O3. The van der Waals surface area contributed by atoms with Crippen molar-refractivity contribution in [3.05, 3.63) is 21.6 Å². The molecule has 0 amide bonds. The molecule has 2 N–H and O–H groups in total. The number of halogens is 1. The topological polar surface area (TPSA) is 101 Å². The van der Waals surface area contributed by atoms with E-state index in [1.54, 1.807) is 0 Å². The lowest BCUT2D eigenvalue weighted by Crippen LogP contribution is -2.22. The number of aliphatic hydroxyl groups excluding tert-OH is 1. The summed E-state index contributed by atoms with van der Waals surface area (Å²) < 4.78 is 0. The predicted molar refractivity (Wildman–Crippen MR) is 65.5 cm³/mol. The second-order valence-electron chi connectivity index (χ2n) is 4.27. The molecule has 2 unspecified atom stereocenters. The molecule has 1 aromatic heterocycles. The summed E-state index contributed by atoms with van der Waals surface area (Å²) in [5.74, 6) is 0.192. The van der Waals surface area contributed by atoms with Gasteiger partial charge in [0.2, 0.25) is 11.1 Å². The Hall–Kier alpha value is -1.47. The number of hydrogen-bond donors (Lipinski definition) is 2. The molecule has 1 fully saturated rings. The third-order valence-corrected chi connectivity index (χ3v) is 3.27. The van der Waals surface area contributed by atoms with E-state index in [4.69, 9.17) is 11.6 Å². The van der Waals surface area contributed by atoms with Crippen molar-refractivity contribution < 1.29 is 10.0 Å². The van der Waals surface area contributed by atoms with Crippen LogP contribution in [-0.2, 0) is 0 Å². The SMILES string of the molecule is O=[N+]([O-])c1cnc(Cl)nc1NCC1CCCC1O. The average Bonchev–Trinajstić information content (AvgIpc) is 2.72. The Morgan fingerprint density at radius 3 is 3.00 bits per heavy atom. The number of nitrogens with one attached hydrogen (secondary N) is 1. The Morgan fingerprint density at radius 2 is 2.39 bits per heavy atom. The molecule has 0 aromatic carbocycles. The van der Waals surface area contributed by atoms with Crippen LogP contribution in [0, 0.1) is 16.0 Å². The smallest absolute Gasteiger partial charge is 0.329 e. The molecule has 18 heavy (non-hydrogen) atoms.